The molecule has 76 valence electrons. The lowest BCUT2D eigenvalue weighted by Crippen LogP contribution is -2.10. The highest BCUT2D eigenvalue weighted by Gasteiger charge is 2.22. The molecule has 1 aromatic rings. The van der Waals surface area contributed by atoms with E-state index in [1.807, 2.05) is 6.07 Å². The van der Waals surface area contributed by atoms with E-state index in [0.29, 0.717) is 6.61 Å². The minimum atomic E-state index is 0.0150. The number of fused-ring (bicyclic) bond motifs is 1. The summed E-state index contributed by atoms with van der Waals surface area (Å²) in [5, 5.41) is 0. The van der Waals surface area contributed by atoms with Crippen LogP contribution in [0.5, 0.6) is 11.5 Å². The van der Waals surface area contributed by atoms with E-state index in [0.717, 1.165) is 23.5 Å². The standard InChI is InChI=1S/C11H15NO2/c1-3-7-4-8-9(12)6-14-11(8)5-10(7)13-2/h4-5,9H,3,6,12H2,1-2H3/t9-/m1/s1. The van der Waals surface area contributed by atoms with Gasteiger partial charge in [0.25, 0.3) is 0 Å². The summed E-state index contributed by atoms with van der Waals surface area (Å²) in [5.41, 5.74) is 8.18. The third-order valence-corrected chi connectivity index (χ3v) is 2.61. The second-order valence-corrected chi connectivity index (χ2v) is 3.47. The van der Waals surface area contributed by atoms with Gasteiger partial charge in [0, 0.05) is 11.6 Å². The Hall–Kier alpha value is -1.22. The van der Waals surface area contributed by atoms with Crippen LogP contribution in [0, 0.1) is 0 Å². The Morgan fingerprint density at radius 3 is 3.00 bits per heavy atom. The van der Waals surface area contributed by atoms with Crippen LogP contribution >= 0.6 is 0 Å². The summed E-state index contributed by atoms with van der Waals surface area (Å²) >= 11 is 0. The lowest BCUT2D eigenvalue weighted by molar-refractivity contribution is 0.331. The van der Waals surface area contributed by atoms with E-state index in [-0.39, 0.29) is 6.04 Å². The maximum Gasteiger partial charge on any atom is 0.128 e. The van der Waals surface area contributed by atoms with Crippen LogP contribution in [0.1, 0.15) is 24.1 Å². The summed E-state index contributed by atoms with van der Waals surface area (Å²) in [7, 11) is 1.68. The quantitative estimate of drug-likeness (QED) is 0.776. The van der Waals surface area contributed by atoms with E-state index in [1.165, 1.54) is 5.56 Å². The molecule has 1 aliphatic rings. The second kappa shape index (κ2) is 3.50. The zero-order chi connectivity index (χ0) is 10.1. The predicted octanol–water partition coefficient (Wildman–Crippen LogP) is 1.65. The van der Waals surface area contributed by atoms with Crippen molar-refractivity contribution in [3.05, 3.63) is 23.3 Å². The maximum atomic E-state index is 5.90. The number of hydrogen-bond donors (Lipinski definition) is 1. The first-order valence-corrected chi connectivity index (χ1v) is 4.85. The highest BCUT2D eigenvalue weighted by Crippen LogP contribution is 2.36. The molecule has 1 heterocycles. The fraction of sp³-hybridized carbons (Fsp3) is 0.455. The molecule has 0 aliphatic carbocycles. The molecule has 0 unspecified atom stereocenters. The first-order valence-electron chi connectivity index (χ1n) is 4.85. The molecule has 0 spiro atoms. The van der Waals surface area contributed by atoms with E-state index >= 15 is 0 Å². The van der Waals surface area contributed by atoms with Crippen LogP contribution in [0.4, 0.5) is 0 Å². The van der Waals surface area contributed by atoms with Gasteiger partial charge >= 0.3 is 0 Å². The van der Waals surface area contributed by atoms with Crippen LogP contribution in [0.15, 0.2) is 12.1 Å². The first kappa shape index (κ1) is 9.34. The zero-order valence-electron chi connectivity index (χ0n) is 8.54. The minimum Gasteiger partial charge on any atom is -0.496 e. The Labute approximate surface area is 83.8 Å². The molecule has 1 aromatic carbocycles. The van der Waals surface area contributed by atoms with Gasteiger partial charge in [-0.25, -0.2) is 0 Å². The molecule has 1 atom stereocenters. The van der Waals surface area contributed by atoms with E-state index in [1.54, 1.807) is 7.11 Å². The Bertz CT molecular complexity index is 349. The van der Waals surface area contributed by atoms with Crippen molar-refractivity contribution in [1.29, 1.82) is 0 Å². The summed E-state index contributed by atoms with van der Waals surface area (Å²) in [6.07, 6.45) is 0.948. The van der Waals surface area contributed by atoms with E-state index < -0.39 is 0 Å². The van der Waals surface area contributed by atoms with Gasteiger partial charge in [0.1, 0.15) is 18.1 Å². The maximum absolute atomic E-state index is 5.90. The lowest BCUT2D eigenvalue weighted by atomic mass is 10.0. The molecule has 14 heavy (non-hydrogen) atoms. The SMILES string of the molecule is CCc1cc2c(cc1OC)OC[C@H]2N. The molecule has 3 heteroatoms. The van der Waals surface area contributed by atoms with Crippen LogP contribution in [0.3, 0.4) is 0 Å². The van der Waals surface area contributed by atoms with E-state index in [9.17, 15) is 0 Å². The van der Waals surface area contributed by atoms with Gasteiger partial charge < -0.3 is 15.2 Å². The summed E-state index contributed by atoms with van der Waals surface area (Å²) < 4.78 is 10.7. The fourth-order valence-electron chi connectivity index (χ4n) is 1.78. The Morgan fingerprint density at radius 1 is 1.57 bits per heavy atom. The Morgan fingerprint density at radius 2 is 2.36 bits per heavy atom. The highest BCUT2D eigenvalue weighted by atomic mass is 16.5. The molecule has 0 amide bonds. The van der Waals surface area contributed by atoms with Gasteiger partial charge in [0.2, 0.25) is 0 Å². The van der Waals surface area contributed by atoms with Gasteiger partial charge in [0.15, 0.2) is 0 Å². The predicted molar refractivity (Wildman–Crippen MR) is 54.8 cm³/mol. The number of methoxy groups -OCH3 is 1. The van der Waals surface area contributed by atoms with Crippen LogP contribution in [0.2, 0.25) is 0 Å². The van der Waals surface area contributed by atoms with Crippen LogP contribution in [0.25, 0.3) is 0 Å². The van der Waals surface area contributed by atoms with Crippen molar-refractivity contribution < 1.29 is 9.47 Å². The van der Waals surface area contributed by atoms with Crippen LogP contribution in [-0.4, -0.2) is 13.7 Å². The van der Waals surface area contributed by atoms with Crippen molar-refractivity contribution in [2.24, 2.45) is 5.73 Å². The zero-order valence-corrected chi connectivity index (χ0v) is 8.54. The molecule has 2 rings (SSSR count). The topological polar surface area (TPSA) is 44.5 Å². The smallest absolute Gasteiger partial charge is 0.128 e. The average Bonchev–Trinajstić information content (AvgIpc) is 2.58. The third kappa shape index (κ3) is 1.34. The van der Waals surface area contributed by atoms with E-state index in [4.69, 9.17) is 15.2 Å². The molecular formula is C11H15NO2. The van der Waals surface area contributed by atoms with Crippen molar-refractivity contribution in [3.8, 4) is 11.5 Å². The monoisotopic (exact) mass is 193 g/mol. The van der Waals surface area contributed by atoms with Gasteiger partial charge in [-0.3, -0.25) is 0 Å². The normalized spacial score (nSPS) is 18.9. The minimum absolute atomic E-state index is 0.0150. The van der Waals surface area contributed by atoms with Crippen molar-refractivity contribution >= 4 is 0 Å². The number of ether oxygens (including phenoxy) is 2. The van der Waals surface area contributed by atoms with Gasteiger partial charge in [0.05, 0.1) is 13.2 Å². The van der Waals surface area contributed by atoms with E-state index in [2.05, 4.69) is 13.0 Å². The molecule has 0 aromatic heterocycles. The average molecular weight is 193 g/mol. The summed E-state index contributed by atoms with van der Waals surface area (Å²) in [6, 6.07) is 4.04. The van der Waals surface area contributed by atoms with Gasteiger partial charge in [-0.1, -0.05) is 6.92 Å². The van der Waals surface area contributed by atoms with Crippen molar-refractivity contribution in [2.75, 3.05) is 13.7 Å². The number of nitrogens with two attached hydrogens (primary N) is 1. The fourth-order valence-corrected chi connectivity index (χ4v) is 1.78. The molecule has 0 saturated heterocycles. The molecular weight excluding hydrogens is 178 g/mol. The summed E-state index contributed by atoms with van der Waals surface area (Å²) in [5.74, 6) is 1.76. The Balaban J connectivity index is 2.49. The number of aryl methyl sites for hydroxylation is 1. The van der Waals surface area contributed by atoms with Gasteiger partial charge in [-0.15, -0.1) is 0 Å². The van der Waals surface area contributed by atoms with Crippen molar-refractivity contribution in [3.63, 3.8) is 0 Å². The molecule has 0 bridgehead atoms. The molecule has 2 N–H and O–H groups in total. The number of hydrogen-bond acceptors (Lipinski definition) is 3. The molecule has 0 saturated carbocycles. The van der Waals surface area contributed by atoms with Crippen LogP contribution in [-0.2, 0) is 6.42 Å². The molecule has 3 nitrogen and oxygen atoms in total. The number of rotatable bonds is 2. The first-order chi connectivity index (χ1) is 6.76. The number of benzene rings is 1. The van der Waals surface area contributed by atoms with Gasteiger partial charge in [-0.2, -0.15) is 0 Å². The van der Waals surface area contributed by atoms with Gasteiger partial charge in [-0.05, 0) is 18.1 Å². The summed E-state index contributed by atoms with van der Waals surface area (Å²) in [6.45, 7) is 2.68. The van der Waals surface area contributed by atoms with Crippen molar-refractivity contribution in [2.45, 2.75) is 19.4 Å². The molecule has 0 fully saturated rings. The lowest BCUT2D eigenvalue weighted by Gasteiger charge is -2.09. The molecule has 0 radical (unpaired) electrons. The largest absolute Gasteiger partial charge is 0.496 e. The Kier molecular flexibility index (Phi) is 2.33. The van der Waals surface area contributed by atoms with Crippen molar-refractivity contribution in [1.82, 2.24) is 0 Å². The second-order valence-electron chi connectivity index (χ2n) is 3.47. The summed E-state index contributed by atoms with van der Waals surface area (Å²) in [4.78, 5) is 0. The highest BCUT2D eigenvalue weighted by molar-refractivity contribution is 5.49. The van der Waals surface area contributed by atoms with Crippen LogP contribution < -0.4 is 15.2 Å². The third-order valence-electron chi connectivity index (χ3n) is 2.61. The molecule has 1 aliphatic heterocycles.